The van der Waals surface area contributed by atoms with Gasteiger partial charge in [-0.2, -0.15) is 0 Å². The number of rotatable bonds is 3. The number of ether oxygens (including phenoxy) is 1. The normalized spacial score (nSPS) is 10.3. The molecule has 1 aromatic rings. The minimum Gasteiger partial charge on any atom is -0.739 e. The predicted octanol–water partition coefficient (Wildman–Crippen LogP) is -1.48. The van der Waals surface area contributed by atoms with E-state index in [-0.39, 0.29) is 47.0 Å². The van der Waals surface area contributed by atoms with E-state index in [0.717, 1.165) is 5.56 Å². The fraction of sp³-hybridized carbons (Fsp3) is 0.125. The van der Waals surface area contributed by atoms with Gasteiger partial charge in [0.15, 0.2) is 9.15 Å². The number of carbonyl (C=O) groups excluding carboxylic acids is 1. The minimum atomic E-state index is -4.64. The second-order valence-electron chi connectivity index (χ2n) is 2.52. The molecule has 1 aromatic carbocycles. The van der Waals surface area contributed by atoms with Crippen molar-refractivity contribution in [3.05, 3.63) is 35.9 Å². The van der Waals surface area contributed by atoms with E-state index in [1.807, 2.05) is 0 Å². The van der Waals surface area contributed by atoms with E-state index in [9.17, 15) is 17.8 Å². The van der Waals surface area contributed by atoms with E-state index in [2.05, 4.69) is 4.74 Å². The Kier molecular flexibility index (Phi) is 7.29. The van der Waals surface area contributed by atoms with Crippen LogP contribution in [0.2, 0.25) is 0 Å². The predicted molar refractivity (Wildman–Crippen MR) is 53.9 cm³/mol. The molecule has 8 heteroatoms. The van der Waals surface area contributed by atoms with Crippen LogP contribution >= 0.6 is 10.8 Å². The van der Waals surface area contributed by atoms with Crippen molar-refractivity contribution in [3.63, 3.8) is 0 Å². The summed E-state index contributed by atoms with van der Waals surface area (Å²) in [6, 6.07) is 8.72. The van der Waals surface area contributed by atoms with Crippen LogP contribution in [0, 0.1) is 0 Å². The first-order valence-corrected chi connectivity index (χ1v) is 6.57. The van der Waals surface area contributed by atoms with Gasteiger partial charge in [-0.3, -0.25) is 0 Å². The summed E-state index contributed by atoms with van der Waals surface area (Å²) in [5.74, 6) is 0. The second-order valence-corrected chi connectivity index (χ2v) is 5.56. The zero-order valence-electron chi connectivity index (χ0n) is 8.45. The number of carbonyl (C=O) groups is 1. The molecule has 0 heterocycles. The Bertz CT molecular complexity index is 431. The van der Waals surface area contributed by atoms with Gasteiger partial charge in [-0.25, -0.2) is 13.2 Å². The molecule has 0 fully saturated rings. The Hall–Kier alpha value is -0.0500. The third-order valence-electron chi connectivity index (χ3n) is 1.37. The van der Waals surface area contributed by atoms with Crippen molar-refractivity contribution in [2.24, 2.45) is 0 Å². The van der Waals surface area contributed by atoms with Crippen LogP contribution in [-0.2, 0) is 20.5 Å². The third kappa shape index (κ3) is 7.26. The fourth-order valence-electron chi connectivity index (χ4n) is 0.824. The van der Waals surface area contributed by atoms with Crippen LogP contribution in [0.15, 0.2) is 30.3 Å². The fourth-order valence-corrected chi connectivity index (χ4v) is 1.74. The number of benzene rings is 1. The molecule has 0 aliphatic heterocycles. The molecule has 16 heavy (non-hydrogen) atoms. The molecule has 0 bridgehead atoms. The molecule has 82 valence electrons. The summed E-state index contributed by atoms with van der Waals surface area (Å²) >= 11 is 0. The van der Waals surface area contributed by atoms with Crippen LogP contribution in [0.3, 0.4) is 0 Å². The summed E-state index contributed by atoms with van der Waals surface area (Å²) in [5.41, 5.74) is 0.717. The van der Waals surface area contributed by atoms with Gasteiger partial charge in [0, 0.05) is 0 Å². The van der Waals surface area contributed by atoms with Crippen LogP contribution in [0.5, 0.6) is 0 Å². The van der Waals surface area contributed by atoms with Crippen LogP contribution in [0.1, 0.15) is 5.56 Å². The van der Waals surface area contributed by atoms with E-state index < -0.39 is 14.5 Å². The Labute approximate surface area is 119 Å². The summed E-state index contributed by atoms with van der Waals surface area (Å²) in [6.07, 6.45) is 0. The average molecular weight is 270 g/mol. The molecule has 0 amide bonds. The molecule has 0 N–H and O–H groups in total. The molecule has 0 saturated carbocycles. The largest absolute Gasteiger partial charge is 1.00 e. The topological polar surface area (TPSA) is 83.5 Å². The molecule has 1 rings (SSSR count). The quantitative estimate of drug-likeness (QED) is 0.288. The zero-order chi connectivity index (χ0) is 11.3. The van der Waals surface area contributed by atoms with Crippen molar-refractivity contribution in [2.75, 3.05) is 0 Å². The van der Waals surface area contributed by atoms with Crippen molar-refractivity contribution in [3.8, 4) is 0 Å². The van der Waals surface area contributed by atoms with E-state index in [1.54, 1.807) is 30.3 Å². The first kappa shape index (κ1) is 16.0. The van der Waals surface area contributed by atoms with Crippen molar-refractivity contribution in [1.82, 2.24) is 0 Å². The van der Waals surface area contributed by atoms with E-state index >= 15 is 0 Å². The molecule has 0 spiro atoms. The van der Waals surface area contributed by atoms with E-state index in [1.165, 1.54) is 0 Å². The minimum absolute atomic E-state index is 0. The summed E-state index contributed by atoms with van der Waals surface area (Å²) in [4.78, 5) is 10.8. The smallest absolute Gasteiger partial charge is 0.739 e. The summed E-state index contributed by atoms with van der Waals surface area (Å²) in [5, 5.41) is -1.12. The Balaban J connectivity index is 0.00000225. The monoisotopic (exact) mass is 270 g/mol. The third-order valence-corrected chi connectivity index (χ3v) is 2.85. The summed E-state index contributed by atoms with van der Waals surface area (Å²) < 4.78 is 35.0. The molecule has 0 atom stereocenters. The molecule has 0 saturated heterocycles. The number of hydrogen-bond donors (Lipinski definition) is 0. The molecule has 0 aromatic heterocycles. The molecular formula is C8H7NaO5S2. The van der Waals surface area contributed by atoms with E-state index in [4.69, 9.17) is 0 Å². The Morgan fingerprint density at radius 1 is 1.31 bits per heavy atom. The first-order chi connectivity index (χ1) is 6.97. The van der Waals surface area contributed by atoms with Gasteiger partial charge in [0.2, 0.25) is 0 Å². The molecule has 0 aliphatic rings. The second kappa shape index (κ2) is 7.31. The van der Waals surface area contributed by atoms with Gasteiger partial charge in [-0.1, -0.05) is 30.3 Å². The maximum atomic E-state index is 10.8. The maximum Gasteiger partial charge on any atom is 1.00 e. The molecule has 0 radical (unpaired) electrons. The maximum absolute atomic E-state index is 10.8. The summed E-state index contributed by atoms with van der Waals surface area (Å²) in [7, 11) is -5.00. The van der Waals surface area contributed by atoms with Gasteiger partial charge in [0.05, 0.1) is 10.8 Å². The standard InChI is InChI=1S/C8H8O5S2.Na/c9-8(14-15(10,11)12)13-6-7-4-2-1-3-5-7;/h1-5H,6H2,(H,10,11,12);/q;+1/p-1. The Morgan fingerprint density at radius 2 is 1.88 bits per heavy atom. The van der Waals surface area contributed by atoms with Crippen molar-refractivity contribution in [1.29, 1.82) is 0 Å². The molecular weight excluding hydrogens is 263 g/mol. The average Bonchev–Trinajstić information content (AvgIpc) is 2.14. The van der Waals surface area contributed by atoms with Crippen LogP contribution in [-0.4, -0.2) is 18.3 Å². The molecule has 5 nitrogen and oxygen atoms in total. The van der Waals surface area contributed by atoms with Crippen molar-refractivity contribution in [2.45, 2.75) is 6.61 Å². The van der Waals surface area contributed by atoms with Gasteiger partial charge in [0.25, 0.3) is 0 Å². The zero-order valence-corrected chi connectivity index (χ0v) is 12.1. The molecule has 0 unspecified atom stereocenters. The number of hydrogen-bond acceptors (Lipinski definition) is 6. The van der Waals surface area contributed by atoms with Crippen LogP contribution in [0.4, 0.5) is 4.79 Å². The van der Waals surface area contributed by atoms with Gasteiger partial charge < -0.3 is 9.29 Å². The van der Waals surface area contributed by atoms with Gasteiger partial charge in [-0.05, 0) is 5.56 Å². The first-order valence-electron chi connectivity index (χ1n) is 3.83. The SMILES string of the molecule is O=C(OCc1ccccc1)SS(=O)(=O)[O-].[Na+]. The summed E-state index contributed by atoms with van der Waals surface area (Å²) in [6.45, 7) is -0.0534. The van der Waals surface area contributed by atoms with Gasteiger partial charge in [-0.15, -0.1) is 0 Å². The van der Waals surface area contributed by atoms with Gasteiger partial charge in [0.1, 0.15) is 6.61 Å². The molecule has 0 aliphatic carbocycles. The Morgan fingerprint density at radius 3 is 2.38 bits per heavy atom. The van der Waals surface area contributed by atoms with Gasteiger partial charge >= 0.3 is 34.9 Å². The van der Waals surface area contributed by atoms with Crippen LogP contribution in [0.25, 0.3) is 0 Å². The van der Waals surface area contributed by atoms with Crippen LogP contribution < -0.4 is 29.6 Å². The van der Waals surface area contributed by atoms with E-state index in [0.29, 0.717) is 0 Å². The van der Waals surface area contributed by atoms with Crippen molar-refractivity contribution >= 4 is 25.2 Å². The van der Waals surface area contributed by atoms with Crippen molar-refractivity contribution < 1.29 is 52.1 Å².